The summed E-state index contributed by atoms with van der Waals surface area (Å²) in [5, 5.41) is 0. The van der Waals surface area contributed by atoms with Gasteiger partial charge in [0, 0.05) is 6.07 Å². The van der Waals surface area contributed by atoms with Gasteiger partial charge in [-0.3, -0.25) is 9.36 Å². The number of hydrogen-bond acceptors (Lipinski definition) is 4. The maximum Gasteiger partial charge on any atom is 0.431 e. The number of hydrogen-bond donors (Lipinski definition) is 1. The molecule has 0 saturated carbocycles. The summed E-state index contributed by atoms with van der Waals surface area (Å²) in [4.78, 5) is 23.1. The van der Waals surface area contributed by atoms with Crippen molar-refractivity contribution < 1.29 is 13.2 Å². The van der Waals surface area contributed by atoms with E-state index in [1.54, 1.807) is 0 Å². The SMILES string of the molecule is C#CCn1c(C(F)(F)F)cc(=O)n(CSS)c1=O. The van der Waals surface area contributed by atoms with E-state index in [0.717, 1.165) is 10.8 Å². The summed E-state index contributed by atoms with van der Waals surface area (Å²) in [5.74, 6) is 1.78. The zero-order valence-electron chi connectivity index (χ0n) is 8.77. The van der Waals surface area contributed by atoms with Crippen LogP contribution in [0.2, 0.25) is 0 Å². The number of halogens is 3. The molecule has 0 radical (unpaired) electrons. The minimum atomic E-state index is -4.82. The first-order valence-corrected chi connectivity index (χ1v) is 6.48. The van der Waals surface area contributed by atoms with Crippen molar-refractivity contribution in [3.8, 4) is 12.3 Å². The van der Waals surface area contributed by atoms with Crippen LogP contribution in [0.4, 0.5) is 13.2 Å². The summed E-state index contributed by atoms with van der Waals surface area (Å²) in [7, 11) is 0.834. The van der Waals surface area contributed by atoms with Gasteiger partial charge < -0.3 is 0 Å². The molecule has 9 heteroatoms. The fourth-order valence-corrected chi connectivity index (χ4v) is 1.97. The molecule has 0 aromatic carbocycles. The predicted octanol–water partition coefficient (Wildman–Crippen LogP) is 1.20. The Morgan fingerprint density at radius 2 is 2.00 bits per heavy atom. The Kier molecular flexibility index (Phi) is 4.59. The van der Waals surface area contributed by atoms with Gasteiger partial charge in [0.1, 0.15) is 5.69 Å². The fourth-order valence-electron chi connectivity index (χ4n) is 1.27. The van der Waals surface area contributed by atoms with E-state index < -0.39 is 29.7 Å². The van der Waals surface area contributed by atoms with Gasteiger partial charge in [0.05, 0.1) is 12.4 Å². The van der Waals surface area contributed by atoms with Crippen molar-refractivity contribution in [2.75, 3.05) is 0 Å². The van der Waals surface area contributed by atoms with E-state index in [2.05, 4.69) is 11.7 Å². The van der Waals surface area contributed by atoms with Crippen LogP contribution in [0.3, 0.4) is 0 Å². The van der Waals surface area contributed by atoms with Crippen LogP contribution in [-0.4, -0.2) is 9.13 Å². The minimum absolute atomic E-state index is 0.163. The number of rotatable bonds is 3. The lowest BCUT2D eigenvalue weighted by Crippen LogP contribution is -2.42. The molecule has 0 saturated heterocycles. The number of alkyl halides is 3. The molecule has 98 valence electrons. The van der Waals surface area contributed by atoms with Gasteiger partial charge in [0.2, 0.25) is 0 Å². The van der Waals surface area contributed by atoms with Crippen LogP contribution >= 0.6 is 22.5 Å². The minimum Gasteiger partial charge on any atom is -0.277 e. The zero-order valence-corrected chi connectivity index (χ0v) is 10.5. The molecule has 0 bridgehead atoms. The Morgan fingerprint density at radius 1 is 1.39 bits per heavy atom. The summed E-state index contributed by atoms with van der Waals surface area (Å²) in [6, 6.07) is 0.350. The van der Waals surface area contributed by atoms with E-state index in [1.165, 1.54) is 0 Å². The molecule has 0 aliphatic carbocycles. The van der Waals surface area contributed by atoms with E-state index >= 15 is 0 Å². The van der Waals surface area contributed by atoms with Crippen LogP contribution in [0.1, 0.15) is 5.69 Å². The first kappa shape index (κ1) is 14.8. The average Bonchev–Trinajstić information content (AvgIpc) is 2.26. The Morgan fingerprint density at radius 3 is 2.44 bits per heavy atom. The molecule has 0 atom stereocenters. The summed E-state index contributed by atoms with van der Waals surface area (Å²) in [6.07, 6.45) is 0.102. The molecular formula is C9H7F3N2O2S2. The van der Waals surface area contributed by atoms with E-state index in [4.69, 9.17) is 6.42 Å². The summed E-state index contributed by atoms with van der Waals surface area (Å²) in [6.45, 7) is -0.564. The Labute approximate surface area is 109 Å². The molecule has 1 aromatic rings. The normalized spacial score (nSPS) is 11.3. The molecule has 1 aromatic heterocycles. The molecular weight excluding hydrogens is 289 g/mol. The van der Waals surface area contributed by atoms with Crippen molar-refractivity contribution >= 4 is 22.5 Å². The zero-order chi connectivity index (χ0) is 13.9. The smallest absolute Gasteiger partial charge is 0.277 e. The predicted molar refractivity (Wildman–Crippen MR) is 65.4 cm³/mol. The van der Waals surface area contributed by atoms with Gasteiger partial charge in [-0.25, -0.2) is 9.36 Å². The topological polar surface area (TPSA) is 44.0 Å². The van der Waals surface area contributed by atoms with Crippen molar-refractivity contribution in [2.24, 2.45) is 0 Å². The molecule has 0 unspecified atom stereocenters. The second-order valence-electron chi connectivity index (χ2n) is 3.12. The Balaban J connectivity index is 3.63. The van der Waals surface area contributed by atoms with Crippen LogP contribution in [-0.2, 0) is 18.6 Å². The first-order chi connectivity index (χ1) is 8.32. The second-order valence-corrected chi connectivity index (χ2v) is 4.42. The van der Waals surface area contributed by atoms with Crippen LogP contribution < -0.4 is 11.2 Å². The van der Waals surface area contributed by atoms with Crippen LogP contribution in [0.5, 0.6) is 0 Å². The molecule has 4 nitrogen and oxygen atoms in total. The van der Waals surface area contributed by atoms with Crippen LogP contribution in [0.15, 0.2) is 15.7 Å². The number of terminal acetylenes is 1. The highest BCUT2D eigenvalue weighted by molar-refractivity contribution is 8.68. The van der Waals surface area contributed by atoms with Crippen molar-refractivity contribution in [1.82, 2.24) is 9.13 Å². The maximum absolute atomic E-state index is 12.7. The number of aromatic nitrogens is 2. The average molecular weight is 296 g/mol. The van der Waals surface area contributed by atoms with Crippen molar-refractivity contribution in [3.63, 3.8) is 0 Å². The van der Waals surface area contributed by atoms with Gasteiger partial charge in [0.15, 0.2) is 0 Å². The molecule has 0 aliphatic rings. The molecule has 0 spiro atoms. The third-order valence-corrected chi connectivity index (χ3v) is 2.73. The molecule has 0 amide bonds. The molecule has 0 N–H and O–H groups in total. The lowest BCUT2D eigenvalue weighted by Gasteiger charge is -2.14. The monoisotopic (exact) mass is 296 g/mol. The van der Waals surface area contributed by atoms with Crippen LogP contribution in [0, 0.1) is 12.3 Å². The van der Waals surface area contributed by atoms with Gasteiger partial charge in [-0.1, -0.05) is 16.7 Å². The van der Waals surface area contributed by atoms with Gasteiger partial charge in [-0.15, -0.1) is 18.1 Å². The summed E-state index contributed by atoms with van der Waals surface area (Å²) in [5.41, 5.74) is -3.49. The molecule has 1 heterocycles. The fraction of sp³-hybridized carbons (Fsp3) is 0.333. The third kappa shape index (κ3) is 2.94. The first-order valence-electron chi connectivity index (χ1n) is 4.44. The molecule has 18 heavy (non-hydrogen) atoms. The highest BCUT2D eigenvalue weighted by Gasteiger charge is 2.35. The van der Waals surface area contributed by atoms with Gasteiger partial charge in [-0.05, 0) is 0 Å². The van der Waals surface area contributed by atoms with Crippen molar-refractivity contribution in [3.05, 3.63) is 32.6 Å². The highest BCUT2D eigenvalue weighted by Crippen LogP contribution is 2.27. The maximum atomic E-state index is 12.7. The Hall–Kier alpha value is -1.27. The number of thiol groups is 1. The molecule has 0 fully saturated rings. The van der Waals surface area contributed by atoms with Crippen molar-refractivity contribution in [1.29, 1.82) is 0 Å². The van der Waals surface area contributed by atoms with E-state index in [0.29, 0.717) is 15.2 Å². The lowest BCUT2D eigenvalue weighted by molar-refractivity contribution is -0.144. The lowest BCUT2D eigenvalue weighted by atomic mass is 10.3. The van der Waals surface area contributed by atoms with Crippen molar-refractivity contribution in [2.45, 2.75) is 18.6 Å². The standard InChI is InChI=1S/C9H7F3N2O2S2/c1-2-3-13-6(9(10,11)12)4-7(15)14(5-18-17)8(13)16/h1,4,17H,3,5H2. The van der Waals surface area contributed by atoms with E-state index in [-0.39, 0.29) is 5.88 Å². The Bertz CT molecular complexity index is 598. The van der Waals surface area contributed by atoms with E-state index in [9.17, 15) is 22.8 Å². The van der Waals surface area contributed by atoms with Gasteiger partial charge in [0.25, 0.3) is 5.56 Å². The third-order valence-electron chi connectivity index (χ3n) is 2.01. The molecule has 0 aliphatic heterocycles. The number of nitrogens with zero attached hydrogens (tertiary/aromatic N) is 2. The highest BCUT2D eigenvalue weighted by atomic mass is 33.1. The van der Waals surface area contributed by atoms with Gasteiger partial charge in [-0.2, -0.15) is 13.2 Å². The summed E-state index contributed by atoms with van der Waals surface area (Å²) >= 11 is 3.74. The van der Waals surface area contributed by atoms with E-state index in [1.807, 2.05) is 5.92 Å². The van der Waals surface area contributed by atoms with Crippen LogP contribution in [0.25, 0.3) is 0 Å². The van der Waals surface area contributed by atoms with Gasteiger partial charge >= 0.3 is 11.9 Å². The largest absolute Gasteiger partial charge is 0.431 e. The quantitative estimate of drug-likeness (QED) is 0.518. The molecule has 1 rings (SSSR count). The summed E-state index contributed by atoms with van der Waals surface area (Å²) < 4.78 is 38.9. The second kappa shape index (κ2) is 5.58.